The van der Waals surface area contributed by atoms with Crippen LogP contribution in [-0.2, 0) is 16.0 Å². The molecule has 1 amide bonds. The predicted molar refractivity (Wildman–Crippen MR) is 145 cm³/mol. The van der Waals surface area contributed by atoms with Crippen molar-refractivity contribution < 1.29 is 19.1 Å². The highest BCUT2D eigenvalue weighted by Gasteiger charge is 2.44. The predicted octanol–water partition coefficient (Wildman–Crippen LogP) is 6.09. The van der Waals surface area contributed by atoms with Gasteiger partial charge in [0.2, 0.25) is 5.91 Å². The van der Waals surface area contributed by atoms with Crippen molar-refractivity contribution in [3.05, 3.63) is 95.2 Å². The molecule has 1 heterocycles. The molecular formula is C31H32N2O4. The fraction of sp³-hybridized carbons (Fsp3) is 0.290. The van der Waals surface area contributed by atoms with Crippen molar-refractivity contribution in [3.8, 4) is 11.5 Å². The van der Waals surface area contributed by atoms with Gasteiger partial charge in [-0.2, -0.15) is 0 Å². The number of para-hydroxylation sites is 2. The lowest BCUT2D eigenvalue weighted by Gasteiger charge is -2.37. The fourth-order valence-electron chi connectivity index (χ4n) is 5.47. The SMILES string of the molecule is COc1ccc(OC)c(C2C3=C(CC(C)(C)CC3=O)Nc3ccccc3N2C(=O)Cc2ccccc2)c1. The lowest BCUT2D eigenvalue weighted by Crippen LogP contribution is -2.40. The van der Waals surface area contributed by atoms with Gasteiger partial charge < -0.3 is 14.8 Å². The second-order valence-corrected chi connectivity index (χ2v) is 10.4. The summed E-state index contributed by atoms with van der Waals surface area (Å²) >= 11 is 0. The quantitative estimate of drug-likeness (QED) is 0.463. The summed E-state index contributed by atoms with van der Waals surface area (Å²) in [6, 6.07) is 22.3. The van der Waals surface area contributed by atoms with E-state index < -0.39 is 6.04 Å². The van der Waals surface area contributed by atoms with E-state index in [1.807, 2.05) is 72.8 Å². The van der Waals surface area contributed by atoms with Crippen LogP contribution >= 0.6 is 0 Å². The maximum absolute atomic E-state index is 14.2. The van der Waals surface area contributed by atoms with Gasteiger partial charge in [-0.05, 0) is 47.7 Å². The number of allylic oxidation sites excluding steroid dienone is 1. The summed E-state index contributed by atoms with van der Waals surface area (Å²) in [5, 5.41) is 3.55. The number of ketones is 1. The first kappa shape index (κ1) is 24.6. The molecule has 1 N–H and O–H groups in total. The van der Waals surface area contributed by atoms with E-state index in [0.717, 1.165) is 22.6 Å². The minimum absolute atomic E-state index is 0.0268. The zero-order valence-corrected chi connectivity index (χ0v) is 21.7. The zero-order chi connectivity index (χ0) is 26.2. The molecule has 0 fully saturated rings. The molecule has 0 saturated heterocycles. The number of rotatable bonds is 5. The Balaban J connectivity index is 1.78. The third kappa shape index (κ3) is 4.71. The smallest absolute Gasteiger partial charge is 0.232 e. The van der Waals surface area contributed by atoms with Crippen LogP contribution in [0.15, 0.2) is 84.1 Å². The van der Waals surface area contributed by atoms with E-state index in [9.17, 15) is 9.59 Å². The Hall–Kier alpha value is -4.06. The van der Waals surface area contributed by atoms with Crippen molar-refractivity contribution in [1.82, 2.24) is 0 Å². The number of nitrogens with zero attached hydrogens (tertiary/aromatic N) is 1. The van der Waals surface area contributed by atoms with Crippen molar-refractivity contribution in [1.29, 1.82) is 0 Å². The van der Waals surface area contributed by atoms with Crippen molar-refractivity contribution in [2.45, 2.75) is 39.2 Å². The van der Waals surface area contributed by atoms with E-state index in [0.29, 0.717) is 35.5 Å². The molecule has 0 aromatic heterocycles. The molecule has 0 bridgehead atoms. The lowest BCUT2D eigenvalue weighted by atomic mass is 9.73. The van der Waals surface area contributed by atoms with Crippen molar-refractivity contribution in [2.24, 2.45) is 5.41 Å². The van der Waals surface area contributed by atoms with Gasteiger partial charge in [-0.3, -0.25) is 14.5 Å². The molecule has 5 rings (SSSR count). The minimum atomic E-state index is -0.684. The number of fused-ring (bicyclic) bond motifs is 1. The third-order valence-corrected chi connectivity index (χ3v) is 7.10. The number of methoxy groups -OCH3 is 2. The molecule has 3 aromatic rings. The van der Waals surface area contributed by atoms with E-state index in [1.165, 1.54) is 0 Å². The number of carbonyl (C=O) groups excluding carboxylic acids is 2. The second kappa shape index (κ2) is 9.77. The topological polar surface area (TPSA) is 67.9 Å². The van der Waals surface area contributed by atoms with Gasteiger partial charge in [-0.15, -0.1) is 0 Å². The maximum Gasteiger partial charge on any atom is 0.232 e. The molecule has 0 saturated carbocycles. The third-order valence-electron chi connectivity index (χ3n) is 7.10. The Labute approximate surface area is 217 Å². The monoisotopic (exact) mass is 496 g/mol. The molecule has 37 heavy (non-hydrogen) atoms. The molecule has 2 aliphatic rings. The Kier molecular flexibility index (Phi) is 6.50. The molecule has 6 nitrogen and oxygen atoms in total. The first-order valence-electron chi connectivity index (χ1n) is 12.5. The lowest BCUT2D eigenvalue weighted by molar-refractivity contribution is -0.119. The summed E-state index contributed by atoms with van der Waals surface area (Å²) in [4.78, 5) is 29.9. The van der Waals surface area contributed by atoms with Gasteiger partial charge >= 0.3 is 0 Å². The van der Waals surface area contributed by atoms with E-state index in [2.05, 4.69) is 19.2 Å². The average Bonchev–Trinajstić information content (AvgIpc) is 3.02. The number of benzene rings is 3. The second-order valence-electron chi connectivity index (χ2n) is 10.4. The number of carbonyl (C=O) groups is 2. The largest absolute Gasteiger partial charge is 0.497 e. The van der Waals surface area contributed by atoms with Crippen LogP contribution in [0.4, 0.5) is 11.4 Å². The number of ether oxygens (including phenoxy) is 2. The van der Waals surface area contributed by atoms with Crippen LogP contribution in [-0.4, -0.2) is 25.9 Å². The molecule has 190 valence electrons. The van der Waals surface area contributed by atoms with Crippen LogP contribution < -0.4 is 19.7 Å². The normalized spacial score (nSPS) is 18.3. The highest BCUT2D eigenvalue weighted by Crippen LogP contribution is 2.50. The van der Waals surface area contributed by atoms with Gasteiger partial charge in [-0.25, -0.2) is 0 Å². The van der Waals surface area contributed by atoms with E-state index in [-0.39, 0.29) is 23.5 Å². The van der Waals surface area contributed by atoms with E-state index in [1.54, 1.807) is 19.1 Å². The van der Waals surface area contributed by atoms with Crippen molar-refractivity contribution in [2.75, 3.05) is 24.4 Å². The van der Waals surface area contributed by atoms with Crippen LogP contribution in [0.3, 0.4) is 0 Å². The molecule has 3 aromatic carbocycles. The van der Waals surface area contributed by atoms with Gasteiger partial charge in [0.1, 0.15) is 11.5 Å². The highest BCUT2D eigenvalue weighted by atomic mass is 16.5. The van der Waals surface area contributed by atoms with Crippen LogP contribution in [0.1, 0.15) is 43.9 Å². The number of anilines is 2. The fourth-order valence-corrected chi connectivity index (χ4v) is 5.47. The van der Waals surface area contributed by atoms with Crippen molar-refractivity contribution in [3.63, 3.8) is 0 Å². The molecule has 1 aliphatic heterocycles. The first-order valence-corrected chi connectivity index (χ1v) is 12.5. The van der Waals surface area contributed by atoms with Crippen LogP contribution in [0, 0.1) is 5.41 Å². The van der Waals surface area contributed by atoms with Crippen LogP contribution in [0.5, 0.6) is 11.5 Å². The summed E-state index contributed by atoms with van der Waals surface area (Å²) in [5.41, 5.74) is 4.38. The van der Waals surface area contributed by atoms with E-state index in [4.69, 9.17) is 9.47 Å². The Bertz CT molecular complexity index is 1380. The number of nitrogens with one attached hydrogen (secondary N) is 1. The number of hydrogen-bond donors (Lipinski definition) is 1. The summed E-state index contributed by atoms with van der Waals surface area (Å²) in [7, 11) is 3.21. The van der Waals surface area contributed by atoms with Crippen LogP contribution in [0.25, 0.3) is 0 Å². The number of Topliss-reactive ketones (excluding diaryl/α,β-unsaturated/α-hetero) is 1. The molecule has 0 spiro atoms. The maximum atomic E-state index is 14.2. The zero-order valence-electron chi connectivity index (χ0n) is 21.7. The molecule has 1 unspecified atom stereocenters. The van der Waals surface area contributed by atoms with Gasteiger partial charge in [0, 0.05) is 23.3 Å². The molecule has 6 heteroatoms. The Morgan fingerprint density at radius 2 is 1.70 bits per heavy atom. The average molecular weight is 497 g/mol. The highest BCUT2D eigenvalue weighted by molar-refractivity contribution is 6.07. The molecule has 1 aliphatic carbocycles. The van der Waals surface area contributed by atoms with Gasteiger partial charge in [0.15, 0.2) is 5.78 Å². The van der Waals surface area contributed by atoms with Gasteiger partial charge in [0.25, 0.3) is 0 Å². The standard InChI is InChI=1S/C31H32N2O4/c1-31(2)18-24-29(26(34)19-31)30(22-17-21(36-3)14-15-27(22)37-4)33(25-13-9-8-12-23(25)32-24)28(35)16-20-10-6-5-7-11-20/h5-15,17,30,32H,16,18-19H2,1-4H3. The van der Waals surface area contributed by atoms with Crippen molar-refractivity contribution >= 4 is 23.1 Å². The summed E-state index contributed by atoms with van der Waals surface area (Å²) in [6.07, 6.45) is 1.28. The molecule has 0 radical (unpaired) electrons. The van der Waals surface area contributed by atoms with Gasteiger partial charge in [0.05, 0.1) is 38.1 Å². The number of hydrogen-bond acceptors (Lipinski definition) is 5. The Morgan fingerprint density at radius 1 is 0.973 bits per heavy atom. The summed E-state index contributed by atoms with van der Waals surface area (Å²) in [6.45, 7) is 4.21. The van der Waals surface area contributed by atoms with E-state index >= 15 is 0 Å². The first-order chi connectivity index (χ1) is 17.8. The molecule has 1 atom stereocenters. The minimum Gasteiger partial charge on any atom is -0.497 e. The Morgan fingerprint density at radius 3 is 2.43 bits per heavy atom. The molecular weight excluding hydrogens is 464 g/mol. The summed E-state index contributed by atoms with van der Waals surface area (Å²) in [5.74, 6) is 1.13. The number of amides is 1. The summed E-state index contributed by atoms with van der Waals surface area (Å²) < 4.78 is 11.3. The van der Waals surface area contributed by atoms with Gasteiger partial charge in [-0.1, -0.05) is 56.3 Å². The van der Waals surface area contributed by atoms with Crippen LogP contribution in [0.2, 0.25) is 0 Å².